The summed E-state index contributed by atoms with van der Waals surface area (Å²) in [7, 11) is 0. The zero-order valence-electron chi connectivity index (χ0n) is 17.0. The van der Waals surface area contributed by atoms with Gasteiger partial charge in [-0.1, -0.05) is 31.9 Å². The number of nitrogens with zero attached hydrogens (tertiary/aromatic N) is 2. The van der Waals surface area contributed by atoms with Crippen molar-refractivity contribution in [1.82, 2.24) is 9.38 Å². The Morgan fingerprint density at radius 3 is 2.71 bits per heavy atom. The number of terminal acetylenes is 1. The molecule has 0 spiro atoms. The van der Waals surface area contributed by atoms with Crippen LogP contribution in [0.5, 0.6) is 0 Å². The summed E-state index contributed by atoms with van der Waals surface area (Å²) >= 11 is 1.49. The van der Waals surface area contributed by atoms with Crippen molar-refractivity contribution in [3.8, 4) is 22.9 Å². The van der Waals surface area contributed by atoms with E-state index in [1.807, 2.05) is 34.2 Å². The van der Waals surface area contributed by atoms with Crippen LogP contribution in [0.15, 0.2) is 54.0 Å². The first-order chi connectivity index (χ1) is 14.8. The summed E-state index contributed by atoms with van der Waals surface area (Å²) in [5.74, 6) is 3.72. The van der Waals surface area contributed by atoms with E-state index in [0.29, 0.717) is 23.0 Å². The number of anilines is 1. The van der Waals surface area contributed by atoms with Crippen molar-refractivity contribution in [3.63, 3.8) is 0 Å². The van der Waals surface area contributed by atoms with Gasteiger partial charge in [0.2, 0.25) is 0 Å². The minimum absolute atomic E-state index is 0.216. The van der Waals surface area contributed by atoms with Crippen LogP contribution in [0.3, 0.4) is 0 Å². The molecule has 0 bridgehead atoms. The van der Waals surface area contributed by atoms with E-state index >= 15 is 0 Å². The Labute approximate surface area is 182 Å². The maximum Gasteiger partial charge on any atom is 0.416 e. The van der Waals surface area contributed by atoms with Crippen molar-refractivity contribution < 1.29 is 13.2 Å². The quantitative estimate of drug-likeness (QED) is 0.347. The zero-order chi connectivity index (χ0) is 22.2. The van der Waals surface area contributed by atoms with E-state index in [2.05, 4.69) is 25.1 Å². The molecule has 0 aliphatic heterocycles. The molecule has 0 aliphatic carbocycles. The third-order valence-corrected chi connectivity index (χ3v) is 5.99. The van der Waals surface area contributed by atoms with E-state index in [9.17, 15) is 13.2 Å². The minimum Gasteiger partial charge on any atom is -0.365 e. The molecular formula is C24H20F3N3S. The number of alkyl halides is 3. The van der Waals surface area contributed by atoms with Crippen LogP contribution in [-0.2, 0) is 12.7 Å². The van der Waals surface area contributed by atoms with Crippen molar-refractivity contribution in [2.45, 2.75) is 32.5 Å². The van der Waals surface area contributed by atoms with Crippen molar-refractivity contribution >= 4 is 22.8 Å². The van der Waals surface area contributed by atoms with Crippen LogP contribution in [0.2, 0.25) is 0 Å². The molecule has 3 nitrogen and oxygen atoms in total. The number of thiophene rings is 1. The number of pyridine rings is 1. The topological polar surface area (TPSA) is 29.3 Å². The lowest BCUT2D eigenvalue weighted by atomic mass is 10.1. The highest BCUT2D eigenvalue weighted by Gasteiger charge is 2.30. The van der Waals surface area contributed by atoms with Gasteiger partial charge in [0.25, 0.3) is 0 Å². The molecule has 158 valence electrons. The summed E-state index contributed by atoms with van der Waals surface area (Å²) in [5, 5.41) is 5.20. The molecule has 1 aromatic carbocycles. The van der Waals surface area contributed by atoms with E-state index in [4.69, 9.17) is 11.4 Å². The smallest absolute Gasteiger partial charge is 0.365 e. The zero-order valence-corrected chi connectivity index (χ0v) is 17.8. The number of rotatable bonds is 5. The average molecular weight is 440 g/mol. The minimum atomic E-state index is -4.38. The molecule has 3 aromatic heterocycles. The van der Waals surface area contributed by atoms with Gasteiger partial charge in [0.05, 0.1) is 10.4 Å². The standard InChI is InChI=1S/C24H20F3N3S/c1-4-17-9-11-31-22(17)21-23(30-10-8-18(15(2)3)13-20(30)29-21)28-14-16-6-5-7-19(12-16)24(25,26)27/h1,5-13,15,28H,14H2,2-3H3. The molecule has 0 amide bonds. The molecule has 0 aliphatic rings. The Balaban J connectivity index is 1.77. The molecule has 31 heavy (non-hydrogen) atoms. The number of hydrogen-bond donors (Lipinski definition) is 1. The molecule has 7 heteroatoms. The van der Waals surface area contributed by atoms with E-state index in [0.717, 1.165) is 33.8 Å². The van der Waals surface area contributed by atoms with Crippen LogP contribution in [0.1, 0.15) is 42.0 Å². The maximum absolute atomic E-state index is 13.1. The molecular weight excluding hydrogens is 419 g/mol. The molecule has 0 radical (unpaired) electrons. The highest BCUT2D eigenvalue weighted by atomic mass is 32.1. The number of fused-ring (bicyclic) bond motifs is 1. The highest BCUT2D eigenvalue weighted by molar-refractivity contribution is 7.13. The number of halogens is 3. The van der Waals surface area contributed by atoms with Gasteiger partial charge in [0.15, 0.2) is 0 Å². The first kappa shape index (κ1) is 21.0. The predicted molar refractivity (Wildman–Crippen MR) is 119 cm³/mol. The number of aromatic nitrogens is 2. The molecule has 0 unspecified atom stereocenters. The first-order valence-electron chi connectivity index (χ1n) is 9.74. The number of imidazole rings is 1. The molecule has 0 saturated heterocycles. The molecule has 4 rings (SSSR count). The summed E-state index contributed by atoms with van der Waals surface area (Å²) < 4.78 is 41.1. The first-order valence-corrected chi connectivity index (χ1v) is 10.6. The fraction of sp³-hybridized carbons (Fsp3) is 0.208. The van der Waals surface area contributed by atoms with E-state index in [1.165, 1.54) is 17.4 Å². The molecule has 1 N–H and O–H groups in total. The Bertz CT molecular complexity index is 1280. The van der Waals surface area contributed by atoms with Crippen LogP contribution in [0, 0.1) is 12.3 Å². The third-order valence-electron chi connectivity index (χ3n) is 5.07. The van der Waals surface area contributed by atoms with Crippen molar-refractivity contribution in [1.29, 1.82) is 0 Å². The monoisotopic (exact) mass is 439 g/mol. The summed E-state index contributed by atoms with van der Waals surface area (Å²) in [6, 6.07) is 11.2. The van der Waals surface area contributed by atoms with Gasteiger partial charge in [-0.05, 0) is 52.8 Å². The Hall–Kier alpha value is -3.24. The van der Waals surface area contributed by atoms with E-state index in [-0.39, 0.29) is 6.54 Å². The van der Waals surface area contributed by atoms with Crippen molar-refractivity contribution in [2.24, 2.45) is 0 Å². The average Bonchev–Trinajstić information content (AvgIpc) is 3.35. The largest absolute Gasteiger partial charge is 0.416 e. The summed E-state index contributed by atoms with van der Waals surface area (Å²) in [6.07, 6.45) is 3.21. The van der Waals surface area contributed by atoms with Crippen LogP contribution in [0.25, 0.3) is 16.2 Å². The van der Waals surface area contributed by atoms with Gasteiger partial charge in [-0.2, -0.15) is 13.2 Å². The van der Waals surface area contributed by atoms with Crippen molar-refractivity contribution in [2.75, 3.05) is 5.32 Å². The van der Waals surface area contributed by atoms with Gasteiger partial charge in [-0.15, -0.1) is 17.8 Å². The molecule has 0 fully saturated rings. The van der Waals surface area contributed by atoms with Crippen LogP contribution in [0.4, 0.5) is 19.0 Å². The highest BCUT2D eigenvalue weighted by Crippen LogP contribution is 2.36. The second-order valence-corrected chi connectivity index (χ2v) is 8.43. The van der Waals surface area contributed by atoms with Gasteiger partial charge in [0.1, 0.15) is 17.2 Å². The Kier molecular flexibility index (Phi) is 5.50. The second-order valence-electron chi connectivity index (χ2n) is 7.51. The summed E-state index contributed by atoms with van der Waals surface area (Å²) in [5.41, 5.74) is 3.19. The lowest BCUT2D eigenvalue weighted by Crippen LogP contribution is -2.08. The van der Waals surface area contributed by atoms with Crippen molar-refractivity contribution in [3.05, 3.63) is 76.3 Å². The predicted octanol–water partition coefficient (Wildman–Crippen LogP) is 6.80. The summed E-state index contributed by atoms with van der Waals surface area (Å²) in [6.45, 7) is 4.43. The molecule has 0 atom stereocenters. The molecule has 4 aromatic rings. The lowest BCUT2D eigenvalue weighted by molar-refractivity contribution is -0.137. The van der Waals surface area contributed by atoms with Gasteiger partial charge in [-0.25, -0.2) is 4.98 Å². The summed E-state index contributed by atoms with van der Waals surface area (Å²) in [4.78, 5) is 5.66. The van der Waals surface area contributed by atoms with Gasteiger partial charge >= 0.3 is 6.18 Å². The SMILES string of the molecule is C#Cc1ccsc1-c1nc2cc(C(C)C)ccn2c1NCc1cccc(C(F)(F)F)c1. The van der Waals surface area contributed by atoms with Gasteiger partial charge < -0.3 is 5.32 Å². The van der Waals surface area contributed by atoms with Gasteiger partial charge in [-0.3, -0.25) is 4.40 Å². The van der Waals surface area contributed by atoms with Crippen LogP contribution in [-0.4, -0.2) is 9.38 Å². The fourth-order valence-electron chi connectivity index (χ4n) is 3.40. The Morgan fingerprint density at radius 2 is 2.00 bits per heavy atom. The second kappa shape index (κ2) is 8.12. The number of nitrogens with one attached hydrogen (secondary N) is 1. The van der Waals surface area contributed by atoms with Crippen LogP contribution >= 0.6 is 11.3 Å². The van der Waals surface area contributed by atoms with E-state index in [1.54, 1.807) is 6.07 Å². The van der Waals surface area contributed by atoms with Crippen LogP contribution < -0.4 is 5.32 Å². The van der Waals surface area contributed by atoms with Gasteiger partial charge in [0, 0.05) is 18.3 Å². The third kappa shape index (κ3) is 4.17. The molecule has 0 saturated carbocycles. The Morgan fingerprint density at radius 1 is 1.19 bits per heavy atom. The number of hydrogen-bond acceptors (Lipinski definition) is 3. The number of benzene rings is 1. The normalized spacial score (nSPS) is 11.8. The molecule has 3 heterocycles. The lowest BCUT2D eigenvalue weighted by Gasteiger charge is -2.12. The fourth-order valence-corrected chi connectivity index (χ4v) is 4.24. The van der Waals surface area contributed by atoms with E-state index < -0.39 is 11.7 Å². The maximum atomic E-state index is 13.1.